The van der Waals surface area contributed by atoms with Gasteiger partial charge in [-0.05, 0) is 24.3 Å². The van der Waals surface area contributed by atoms with Crippen LogP contribution in [0.5, 0.6) is 0 Å². The largest absolute Gasteiger partial charge is 0.463 e. The zero-order valence-corrected chi connectivity index (χ0v) is 11.6. The van der Waals surface area contributed by atoms with Crippen molar-refractivity contribution in [2.24, 2.45) is 0 Å². The number of nitrogens with zero attached hydrogens (tertiary/aromatic N) is 5. The highest BCUT2D eigenvalue weighted by Crippen LogP contribution is 2.30. The molecule has 2 aromatic heterocycles. The van der Waals surface area contributed by atoms with Gasteiger partial charge in [0.1, 0.15) is 16.8 Å². The van der Waals surface area contributed by atoms with Gasteiger partial charge in [0, 0.05) is 6.07 Å². The summed E-state index contributed by atoms with van der Waals surface area (Å²) < 4.78 is 6.56. The van der Waals surface area contributed by atoms with Crippen LogP contribution in [-0.4, -0.2) is 19.9 Å². The number of rotatable bonds is 3. The van der Waals surface area contributed by atoms with Crippen molar-refractivity contribution in [2.75, 3.05) is 0 Å². The van der Waals surface area contributed by atoms with Crippen LogP contribution >= 0.6 is 11.6 Å². The lowest BCUT2D eigenvalue weighted by molar-refractivity contribution is -0.384. The summed E-state index contributed by atoms with van der Waals surface area (Å²) in [6.07, 6.45) is 1.44. The predicted molar refractivity (Wildman–Crippen MR) is 75.4 cm³/mol. The Morgan fingerprint density at radius 3 is 2.86 bits per heavy atom. The van der Waals surface area contributed by atoms with Gasteiger partial charge >= 0.3 is 0 Å². The molecule has 3 aromatic rings. The molecule has 0 spiro atoms. The lowest BCUT2D eigenvalue weighted by Gasteiger charge is -2.05. The van der Waals surface area contributed by atoms with Gasteiger partial charge in [-0.15, -0.1) is 5.10 Å². The fraction of sp³-hybridized carbons (Fsp3) is 0. The number of benzene rings is 1. The number of hydrogen-bond acceptors (Lipinski definition) is 6. The van der Waals surface area contributed by atoms with E-state index in [-0.39, 0.29) is 16.4 Å². The predicted octanol–water partition coefficient (Wildman–Crippen LogP) is 2.96. The molecule has 0 fully saturated rings. The second-order valence-electron chi connectivity index (χ2n) is 4.18. The van der Waals surface area contributed by atoms with Crippen LogP contribution in [0.1, 0.15) is 5.69 Å². The van der Waals surface area contributed by atoms with E-state index in [9.17, 15) is 10.1 Å². The Hall–Kier alpha value is -3.18. The summed E-state index contributed by atoms with van der Waals surface area (Å²) in [5, 5.41) is 27.7. The van der Waals surface area contributed by atoms with E-state index in [1.807, 2.05) is 6.07 Å². The van der Waals surface area contributed by atoms with Crippen molar-refractivity contribution >= 4 is 17.3 Å². The van der Waals surface area contributed by atoms with Gasteiger partial charge in [0.2, 0.25) is 0 Å². The maximum Gasteiger partial charge on any atom is 0.290 e. The fourth-order valence-corrected chi connectivity index (χ4v) is 2.13. The van der Waals surface area contributed by atoms with Crippen molar-refractivity contribution in [3.8, 4) is 23.2 Å². The highest BCUT2D eigenvalue weighted by Gasteiger charge is 2.21. The van der Waals surface area contributed by atoms with Crippen molar-refractivity contribution in [1.29, 1.82) is 5.26 Å². The highest BCUT2D eigenvalue weighted by atomic mass is 35.5. The minimum atomic E-state index is -0.597. The average molecular weight is 316 g/mol. The first kappa shape index (κ1) is 13.8. The molecule has 0 N–H and O–H groups in total. The van der Waals surface area contributed by atoms with Crippen LogP contribution < -0.4 is 0 Å². The van der Waals surface area contributed by atoms with Gasteiger partial charge in [-0.25, -0.2) is 4.68 Å². The summed E-state index contributed by atoms with van der Waals surface area (Å²) in [6.45, 7) is 0. The van der Waals surface area contributed by atoms with Crippen molar-refractivity contribution < 1.29 is 9.34 Å². The SMILES string of the molecule is N#Cc1nnn(-c2ccc(Cl)c([N+](=O)[O-])c2)c1-c1ccco1. The van der Waals surface area contributed by atoms with Crippen molar-refractivity contribution in [1.82, 2.24) is 15.0 Å². The third kappa shape index (κ3) is 2.19. The molecular weight excluding hydrogens is 310 g/mol. The first-order valence-electron chi connectivity index (χ1n) is 5.96. The summed E-state index contributed by atoms with van der Waals surface area (Å²) in [5.41, 5.74) is 0.437. The number of halogens is 1. The molecule has 0 amide bonds. The molecular formula is C13H6ClN5O3. The molecule has 0 unspecified atom stereocenters. The Kier molecular flexibility index (Phi) is 3.33. The molecule has 2 heterocycles. The Morgan fingerprint density at radius 1 is 1.41 bits per heavy atom. The van der Waals surface area contributed by atoms with E-state index in [1.54, 1.807) is 12.1 Å². The Bertz CT molecular complexity index is 895. The minimum absolute atomic E-state index is 0.00826. The number of nitriles is 1. The van der Waals surface area contributed by atoms with Crippen molar-refractivity contribution in [3.63, 3.8) is 0 Å². The molecule has 0 radical (unpaired) electrons. The summed E-state index contributed by atoms with van der Waals surface area (Å²) in [7, 11) is 0. The Labute approximate surface area is 128 Å². The fourth-order valence-electron chi connectivity index (χ4n) is 1.94. The van der Waals surface area contributed by atoms with Crippen LogP contribution in [0.2, 0.25) is 5.02 Å². The molecule has 0 aliphatic rings. The van der Waals surface area contributed by atoms with E-state index in [0.717, 1.165) is 0 Å². The first-order chi connectivity index (χ1) is 10.6. The van der Waals surface area contributed by atoms with E-state index >= 15 is 0 Å². The molecule has 3 rings (SSSR count). The summed E-state index contributed by atoms with van der Waals surface area (Å²) in [5.74, 6) is 0.374. The maximum atomic E-state index is 11.0. The smallest absolute Gasteiger partial charge is 0.290 e. The van der Waals surface area contributed by atoms with Crippen LogP contribution in [0.4, 0.5) is 5.69 Å². The molecule has 108 valence electrons. The lowest BCUT2D eigenvalue weighted by Crippen LogP contribution is -2.01. The second-order valence-corrected chi connectivity index (χ2v) is 4.59. The maximum absolute atomic E-state index is 11.0. The molecule has 0 saturated carbocycles. The number of hydrogen-bond donors (Lipinski definition) is 0. The van der Waals surface area contributed by atoms with Crippen molar-refractivity contribution in [2.45, 2.75) is 0 Å². The van der Waals surface area contributed by atoms with Gasteiger partial charge in [-0.2, -0.15) is 5.26 Å². The van der Waals surface area contributed by atoms with Gasteiger partial charge in [0.05, 0.1) is 16.9 Å². The van der Waals surface area contributed by atoms with Gasteiger partial charge in [0.15, 0.2) is 11.5 Å². The van der Waals surface area contributed by atoms with Gasteiger partial charge in [0.25, 0.3) is 5.69 Å². The molecule has 9 heteroatoms. The molecule has 0 bridgehead atoms. The number of nitro groups is 1. The normalized spacial score (nSPS) is 10.4. The zero-order valence-electron chi connectivity index (χ0n) is 10.8. The summed E-state index contributed by atoms with van der Waals surface area (Å²) in [6, 6.07) is 9.38. The van der Waals surface area contributed by atoms with Crippen LogP contribution in [0, 0.1) is 21.4 Å². The summed E-state index contributed by atoms with van der Waals surface area (Å²) >= 11 is 5.79. The van der Waals surface area contributed by atoms with Gasteiger partial charge in [-0.1, -0.05) is 16.8 Å². The standard InChI is InChI=1S/C13H6ClN5O3/c14-9-4-3-8(6-11(9)19(20)21)18-13(10(7-15)16-17-18)12-2-1-5-22-12/h1-6H. The lowest BCUT2D eigenvalue weighted by atomic mass is 10.2. The van der Waals surface area contributed by atoms with Gasteiger partial charge < -0.3 is 4.42 Å². The van der Waals surface area contributed by atoms with E-state index in [0.29, 0.717) is 17.1 Å². The van der Waals surface area contributed by atoms with Gasteiger partial charge in [-0.3, -0.25) is 10.1 Å². The Morgan fingerprint density at radius 2 is 2.23 bits per heavy atom. The topological polar surface area (TPSA) is 111 Å². The number of nitro benzene ring substituents is 1. The zero-order chi connectivity index (χ0) is 15.7. The minimum Gasteiger partial charge on any atom is -0.463 e. The monoisotopic (exact) mass is 315 g/mol. The molecule has 8 nitrogen and oxygen atoms in total. The van der Waals surface area contributed by atoms with Crippen LogP contribution in [0.25, 0.3) is 17.1 Å². The van der Waals surface area contributed by atoms with Crippen LogP contribution in [0.3, 0.4) is 0 Å². The molecule has 22 heavy (non-hydrogen) atoms. The van der Waals surface area contributed by atoms with Crippen LogP contribution in [-0.2, 0) is 0 Å². The van der Waals surface area contributed by atoms with E-state index in [1.165, 1.54) is 29.1 Å². The number of furan rings is 1. The van der Waals surface area contributed by atoms with E-state index < -0.39 is 4.92 Å². The van der Waals surface area contributed by atoms with E-state index in [4.69, 9.17) is 21.3 Å². The molecule has 1 aromatic carbocycles. The molecule has 0 atom stereocenters. The quantitative estimate of drug-likeness (QED) is 0.542. The molecule has 0 aliphatic heterocycles. The molecule has 0 saturated heterocycles. The third-order valence-electron chi connectivity index (χ3n) is 2.90. The molecule has 0 aliphatic carbocycles. The summed E-state index contributed by atoms with van der Waals surface area (Å²) in [4.78, 5) is 10.4. The highest BCUT2D eigenvalue weighted by molar-refractivity contribution is 6.32. The average Bonchev–Trinajstić information content (AvgIpc) is 3.15. The number of aromatic nitrogens is 3. The van der Waals surface area contributed by atoms with E-state index in [2.05, 4.69) is 10.3 Å². The van der Waals surface area contributed by atoms with Crippen molar-refractivity contribution in [3.05, 3.63) is 57.4 Å². The van der Waals surface area contributed by atoms with Crippen LogP contribution in [0.15, 0.2) is 41.0 Å². The Balaban J connectivity index is 2.22. The second kappa shape index (κ2) is 5.31. The first-order valence-corrected chi connectivity index (χ1v) is 6.33. The third-order valence-corrected chi connectivity index (χ3v) is 3.22.